The van der Waals surface area contributed by atoms with E-state index in [0.717, 1.165) is 29.8 Å². The van der Waals surface area contributed by atoms with Gasteiger partial charge in [-0.25, -0.2) is 0 Å². The van der Waals surface area contributed by atoms with Crippen molar-refractivity contribution in [2.75, 3.05) is 20.2 Å². The minimum Gasteiger partial charge on any atom is -0.375 e. The summed E-state index contributed by atoms with van der Waals surface area (Å²) < 4.78 is 5.46. The molecule has 3 N–H and O–H groups in total. The number of amides is 1. The molecule has 0 spiro atoms. The summed E-state index contributed by atoms with van der Waals surface area (Å²) in [5.74, 6) is -0.199. The largest absolute Gasteiger partial charge is 0.375 e. The fourth-order valence-corrected chi connectivity index (χ4v) is 2.93. The highest BCUT2D eigenvalue weighted by Gasteiger charge is 2.22. The van der Waals surface area contributed by atoms with E-state index in [1.54, 1.807) is 13.2 Å². The zero-order valence-electron chi connectivity index (χ0n) is 12.9. The van der Waals surface area contributed by atoms with E-state index in [4.69, 9.17) is 16.3 Å². The van der Waals surface area contributed by atoms with Crippen LogP contribution in [0.2, 0.25) is 5.02 Å². The van der Waals surface area contributed by atoms with Crippen molar-refractivity contribution >= 4 is 17.5 Å². The molecular weight excluding hydrogens is 316 g/mol. The van der Waals surface area contributed by atoms with E-state index in [1.807, 2.05) is 18.2 Å². The van der Waals surface area contributed by atoms with Gasteiger partial charge < -0.3 is 15.4 Å². The Bertz CT molecular complexity index is 701. The summed E-state index contributed by atoms with van der Waals surface area (Å²) in [7, 11) is 1.61. The van der Waals surface area contributed by atoms with Gasteiger partial charge >= 0.3 is 0 Å². The molecule has 2 aromatic rings. The van der Waals surface area contributed by atoms with Crippen molar-refractivity contribution in [1.82, 2.24) is 20.8 Å². The molecule has 2 heterocycles. The van der Waals surface area contributed by atoms with Gasteiger partial charge in [-0.05, 0) is 17.7 Å². The van der Waals surface area contributed by atoms with Gasteiger partial charge in [0.15, 0.2) is 5.69 Å². The predicted molar refractivity (Wildman–Crippen MR) is 87.5 cm³/mol. The molecule has 122 valence electrons. The van der Waals surface area contributed by atoms with Crippen LogP contribution in [0.1, 0.15) is 33.4 Å². The number of rotatable bonds is 5. The zero-order chi connectivity index (χ0) is 16.2. The summed E-state index contributed by atoms with van der Waals surface area (Å²) >= 11 is 6.01. The number of fused-ring (bicyclic) bond motifs is 1. The van der Waals surface area contributed by atoms with Crippen molar-refractivity contribution in [3.63, 3.8) is 0 Å². The third-order valence-corrected chi connectivity index (χ3v) is 4.21. The first-order valence-corrected chi connectivity index (χ1v) is 7.90. The fraction of sp³-hybridized carbons (Fsp3) is 0.375. The van der Waals surface area contributed by atoms with Gasteiger partial charge in [0.25, 0.3) is 5.91 Å². The van der Waals surface area contributed by atoms with Crippen LogP contribution in [0.5, 0.6) is 0 Å². The van der Waals surface area contributed by atoms with Gasteiger partial charge in [0.2, 0.25) is 0 Å². The summed E-state index contributed by atoms with van der Waals surface area (Å²) in [6.07, 6.45) is 0.601. The van der Waals surface area contributed by atoms with Crippen LogP contribution in [-0.4, -0.2) is 36.3 Å². The maximum Gasteiger partial charge on any atom is 0.272 e. The quantitative estimate of drug-likeness (QED) is 0.779. The van der Waals surface area contributed by atoms with Crippen molar-refractivity contribution in [3.05, 3.63) is 51.8 Å². The molecule has 6 nitrogen and oxygen atoms in total. The van der Waals surface area contributed by atoms with Crippen molar-refractivity contribution in [2.45, 2.75) is 19.1 Å². The summed E-state index contributed by atoms with van der Waals surface area (Å²) in [5.41, 5.74) is 3.36. The molecule has 1 amide bonds. The maximum atomic E-state index is 12.4. The Morgan fingerprint density at radius 1 is 1.52 bits per heavy atom. The second-order valence-electron chi connectivity index (χ2n) is 5.45. The van der Waals surface area contributed by atoms with Crippen molar-refractivity contribution < 1.29 is 9.53 Å². The van der Waals surface area contributed by atoms with E-state index < -0.39 is 0 Å². The number of aromatic nitrogens is 2. The summed E-state index contributed by atoms with van der Waals surface area (Å²) in [4.78, 5) is 12.4. The molecule has 1 unspecified atom stereocenters. The smallest absolute Gasteiger partial charge is 0.272 e. The van der Waals surface area contributed by atoms with Gasteiger partial charge in [-0.2, -0.15) is 5.10 Å². The molecule has 23 heavy (non-hydrogen) atoms. The number of aromatic amines is 1. The minimum atomic E-state index is -0.259. The topological polar surface area (TPSA) is 79.0 Å². The lowest BCUT2D eigenvalue weighted by molar-refractivity contribution is 0.0823. The van der Waals surface area contributed by atoms with Crippen LogP contribution >= 0.6 is 11.6 Å². The Morgan fingerprint density at radius 3 is 3.17 bits per heavy atom. The molecule has 0 fully saturated rings. The standard InChI is InChI=1S/C16H19ClN4O2/c1-23-14(10-3-2-4-11(17)7-10)9-19-16(22)15-12-8-18-6-5-13(12)20-21-15/h2-4,7,14,18H,5-6,8-9H2,1H3,(H,19,22)(H,20,21). The zero-order valence-corrected chi connectivity index (χ0v) is 13.6. The number of nitrogens with one attached hydrogen (secondary N) is 3. The Balaban J connectivity index is 1.67. The predicted octanol–water partition coefficient (Wildman–Crippen LogP) is 1.83. The van der Waals surface area contributed by atoms with Crippen LogP contribution < -0.4 is 10.6 Å². The van der Waals surface area contributed by atoms with E-state index in [2.05, 4.69) is 20.8 Å². The van der Waals surface area contributed by atoms with Gasteiger partial charge in [-0.3, -0.25) is 9.89 Å². The molecule has 1 aliphatic heterocycles. The molecule has 0 aliphatic carbocycles. The van der Waals surface area contributed by atoms with Crippen molar-refractivity contribution in [3.8, 4) is 0 Å². The van der Waals surface area contributed by atoms with E-state index in [1.165, 1.54) is 0 Å². The number of ether oxygens (including phenoxy) is 1. The Hall–Kier alpha value is -1.89. The first-order valence-electron chi connectivity index (χ1n) is 7.52. The van der Waals surface area contributed by atoms with Gasteiger partial charge in [-0.1, -0.05) is 23.7 Å². The number of H-pyrrole nitrogens is 1. The average molecular weight is 335 g/mol. The monoisotopic (exact) mass is 334 g/mol. The molecule has 1 aromatic heterocycles. The lowest BCUT2D eigenvalue weighted by Gasteiger charge is -2.17. The summed E-state index contributed by atoms with van der Waals surface area (Å²) in [5, 5.41) is 13.9. The third kappa shape index (κ3) is 3.55. The van der Waals surface area contributed by atoms with E-state index in [-0.39, 0.29) is 12.0 Å². The van der Waals surface area contributed by atoms with Crippen LogP contribution in [0.15, 0.2) is 24.3 Å². The number of benzene rings is 1. The molecule has 1 aromatic carbocycles. The van der Waals surface area contributed by atoms with E-state index >= 15 is 0 Å². The first kappa shape index (κ1) is 16.0. The van der Waals surface area contributed by atoms with Crippen LogP contribution in [0.3, 0.4) is 0 Å². The van der Waals surface area contributed by atoms with Crippen LogP contribution in [0, 0.1) is 0 Å². The SMILES string of the molecule is COC(CNC(=O)c1n[nH]c2c1CNCC2)c1cccc(Cl)c1. The molecule has 1 atom stereocenters. The maximum absolute atomic E-state index is 12.4. The number of nitrogens with zero attached hydrogens (tertiary/aromatic N) is 1. The lowest BCUT2D eigenvalue weighted by Crippen LogP contribution is -2.31. The molecule has 0 radical (unpaired) electrons. The number of carbonyl (C=O) groups is 1. The molecule has 0 saturated heterocycles. The van der Waals surface area contributed by atoms with Gasteiger partial charge in [-0.15, -0.1) is 0 Å². The molecule has 1 aliphatic rings. The normalized spacial score (nSPS) is 15.0. The average Bonchev–Trinajstić information content (AvgIpc) is 2.99. The van der Waals surface area contributed by atoms with Gasteiger partial charge in [0.05, 0.1) is 6.10 Å². The van der Waals surface area contributed by atoms with Crippen LogP contribution in [0.25, 0.3) is 0 Å². The molecule has 0 saturated carbocycles. The molecule has 0 bridgehead atoms. The molecular formula is C16H19ClN4O2. The van der Waals surface area contributed by atoms with Crippen LogP contribution in [0.4, 0.5) is 0 Å². The highest BCUT2D eigenvalue weighted by atomic mass is 35.5. The molecule has 3 rings (SSSR count). The Morgan fingerprint density at radius 2 is 2.39 bits per heavy atom. The van der Waals surface area contributed by atoms with Gasteiger partial charge in [0.1, 0.15) is 0 Å². The van der Waals surface area contributed by atoms with Crippen LogP contribution in [-0.2, 0) is 17.7 Å². The Kier molecular flexibility index (Phi) is 4.95. The summed E-state index contributed by atoms with van der Waals surface area (Å²) in [6, 6.07) is 7.43. The summed E-state index contributed by atoms with van der Waals surface area (Å²) in [6.45, 7) is 1.91. The van der Waals surface area contributed by atoms with Crippen molar-refractivity contribution in [1.29, 1.82) is 0 Å². The van der Waals surface area contributed by atoms with Crippen molar-refractivity contribution in [2.24, 2.45) is 0 Å². The number of carbonyl (C=O) groups excluding carboxylic acids is 1. The first-order chi connectivity index (χ1) is 11.2. The number of halogens is 1. The third-order valence-electron chi connectivity index (χ3n) is 3.97. The minimum absolute atomic E-state index is 0.199. The highest BCUT2D eigenvalue weighted by Crippen LogP contribution is 2.20. The number of hydrogen-bond donors (Lipinski definition) is 3. The van der Waals surface area contributed by atoms with E-state index in [9.17, 15) is 4.79 Å². The fourth-order valence-electron chi connectivity index (χ4n) is 2.73. The van der Waals surface area contributed by atoms with Gasteiger partial charge in [0, 0.05) is 49.4 Å². The lowest BCUT2D eigenvalue weighted by atomic mass is 10.1. The second-order valence-corrected chi connectivity index (χ2v) is 5.88. The number of hydrogen-bond acceptors (Lipinski definition) is 4. The molecule has 7 heteroatoms. The number of methoxy groups -OCH3 is 1. The second kappa shape index (κ2) is 7.12. The van der Waals surface area contributed by atoms with E-state index in [0.29, 0.717) is 23.8 Å². The highest BCUT2D eigenvalue weighted by molar-refractivity contribution is 6.30. The Labute approximate surface area is 139 Å².